The Morgan fingerprint density at radius 3 is 2.50 bits per heavy atom. The third kappa shape index (κ3) is 4.96. The molecule has 0 aliphatic heterocycles. The molecule has 0 unspecified atom stereocenters. The first-order chi connectivity index (χ1) is 16.4. The van der Waals surface area contributed by atoms with Crippen molar-refractivity contribution in [1.82, 2.24) is 5.16 Å². The highest BCUT2D eigenvalue weighted by atomic mass is 32.2. The molecule has 0 fully saturated rings. The molecule has 34 heavy (non-hydrogen) atoms. The number of phenols is 1. The number of fused-ring (bicyclic) bond motifs is 1. The van der Waals surface area contributed by atoms with Gasteiger partial charge in [0.1, 0.15) is 5.58 Å². The van der Waals surface area contributed by atoms with Crippen LogP contribution in [0.4, 0.5) is 0 Å². The van der Waals surface area contributed by atoms with Crippen molar-refractivity contribution in [2.75, 3.05) is 13.2 Å². The highest BCUT2D eigenvalue weighted by Gasteiger charge is 2.35. The second-order valence-corrected chi connectivity index (χ2v) is 9.09. The number of aromatic hydroxyl groups is 1. The molecule has 4 aromatic rings. The summed E-state index contributed by atoms with van der Waals surface area (Å²) in [4.78, 5) is 11.1. The average Bonchev–Trinajstić information content (AvgIpc) is 3.20. The molecule has 0 atom stereocenters. The fraction of sp³-hybridized carbons (Fsp3) is 0.227. The zero-order valence-corrected chi connectivity index (χ0v) is 18.6. The Morgan fingerprint density at radius 1 is 1.00 bits per heavy atom. The van der Waals surface area contributed by atoms with E-state index in [0.717, 1.165) is 0 Å². The summed E-state index contributed by atoms with van der Waals surface area (Å²) in [7, 11) is -4.16. The first-order valence-electron chi connectivity index (χ1n) is 10.3. The third-order valence-electron chi connectivity index (χ3n) is 4.84. The summed E-state index contributed by atoms with van der Waals surface area (Å²) in [6.45, 7) is 0.366. The van der Waals surface area contributed by atoms with Crippen LogP contribution in [0, 0.1) is 5.21 Å². The quantitative estimate of drug-likeness (QED) is 0.200. The molecule has 0 radical (unpaired) electrons. The van der Waals surface area contributed by atoms with Gasteiger partial charge in [-0.25, -0.2) is 13.2 Å². The fourth-order valence-corrected chi connectivity index (χ4v) is 4.47. The molecule has 178 valence electrons. The lowest BCUT2D eigenvalue weighted by atomic mass is 10.2. The predicted octanol–water partition coefficient (Wildman–Crippen LogP) is 2.58. The molecule has 0 saturated carbocycles. The van der Waals surface area contributed by atoms with Crippen LogP contribution in [0.1, 0.15) is 19.3 Å². The van der Waals surface area contributed by atoms with Crippen LogP contribution in [-0.2, 0) is 9.84 Å². The molecular formula is C22H20N2O9S. The van der Waals surface area contributed by atoms with Crippen molar-refractivity contribution in [3.63, 3.8) is 0 Å². The monoisotopic (exact) mass is 488 g/mol. The lowest BCUT2D eigenvalue weighted by Gasteiger charge is -2.09. The van der Waals surface area contributed by atoms with Crippen LogP contribution in [0.5, 0.6) is 17.4 Å². The van der Waals surface area contributed by atoms with Crippen LogP contribution in [0.25, 0.3) is 11.0 Å². The van der Waals surface area contributed by atoms with Crippen molar-refractivity contribution in [2.24, 2.45) is 0 Å². The van der Waals surface area contributed by atoms with Gasteiger partial charge in [-0.15, -0.1) is 0 Å². The van der Waals surface area contributed by atoms with E-state index in [1.54, 1.807) is 12.1 Å². The van der Waals surface area contributed by atoms with Crippen LogP contribution in [0.15, 0.2) is 78.4 Å². The number of sulfone groups is 1. The van der Waals surface area contributed by atoms with Gasteiger partial charge in [0, 0.05) is 17.5 Å². The summed E-state index contributed by atoms with van der Waals surface area (Å²) in [6.07, 6.45) is 1.74. The number of aromatic nitrogens is 2. The molecule has 12 heteroatoms. The van der Waals surface area contributed by atoms with Crippen LogP contribution in [0.2, 0.25) is 0 Å². The smallest absolute Gasteiger partial charge is 0.414 e. The maximum absolute atomic E-state index is 12.7. The Bertz CT molecular complexity index is 1450. The van der Waals surface area contributed by atoms with Gasteiger partial charge >= 0.3 is 16.5 Å². The van der Waals surface area contributed by atoms with Crippen molar-refractivity contribution in [2.45, 2.75) is 29.2 Å². The van der Waals surface area contributed by atoms with E-state index in [2.05, 4.69) is 9.79 Å². The van der Waals surface area contributed by atoms with Crippen molar-refractivity contribution in [3.8, 4) is 17.4 Å². The minimum atomic E-state index is -4.16. The minimum Gasteiger partial charge on any atom is -0.504 e. The average molecular weight is 488 g/mol. The summed E-state index contributed by atoms with van der Waals surface area (Å²) in [5, 5.41) is 25.2. The van der Waals surface area contributed by atoms with Crippen LogP contribution in [-0.4, -0.2) is 31.9 Å². The fourth-order valence-electron chi connectivity index (χ4n) is 3.17. The zero-order chi connectivity index (χ0) is 24.1. The molecule has 0 spiro atoms. The molecule has 0 bridgehead atoms. The SMILES string of the molecule is O=c1ccc2cc(O)c(OCCCCCOc3no[n+]([O-])c3S(=O)(=O)c3ccccc3)cc2o1. The van der Waals surface area contributed by atoms with Crippen molar-refractivity contribution < 1.29 is 36.9 Å². The number of hydrogen-bond acceptors (Lipinski definition) is 10. The molecule has 2 heterocycles. The lowest BCUT2D eigenvalue weighted by molar-refractivity contribution is -0.832. The molecule has 0 saturated heterocycles. The molecule has 0 amide bonds. The highest BCUT2D eigenvalue weighted by Crippen LogP contribution is 2.31. The van der Waals surface area contributed by atoms with Gasteiger partial charge in [-0.3, -0.25) is 4.63 Å². The van der Waals surface area contributed by atoms with Gasteiger partial charge < -0.3 is 24.2 Å². The Balaban J connectivity index is 1.27. The highest BCUT2D eigenvalue weighted by molar-refractivity contribution is 7.91. The first kappa shape index (κ1) is 23.1. The van der Waals surface area contributed by atoms with E-state index in [0.29, 0.717) is 30.2 Å². The summed E-state index contributed by atoms with van der Waals surface area (Å²) in [5.74, 6) is -0.289. The second-order valence-electron chi connectivity index (χ2n) is 7.23. The second kappa shape index (κ2) is 9.83. The topological polar surface area (TPSA) is 156 Å². The van der Waals surface area contributed by atoms with Crippen molar-refractivity contribution in [1.29, 1.82) is 0 Å². The van der Waals surface area contributed by atoms with E-state index in [-0.39, 0.29) is 34.5 Å². The van der Waals surface area contributed by atoms with Gasteiger partial charge in [-0.2, -0.15) is 0 Å². The number of benzene rings is 2. The van der Waals surface area contributed by atoms with Crippen LogP contribution < -0.4 is 20.0 Å². The Hall–Kier alpha value is -4.06. The number of phenolic OH excluding ortho intramolecular Hbond substituents is 1. The Labute approximate surface area is 193 Å². The maximum atomic E-state index is 12.7. The van der Waals surface area contributed by atoms with Crippen LogP contribution in [0.3, 0.4) is 0 Å². The molecule has 0 aliphatic carbocycles. The van der Waals surface area contributed by atoms with E-state index in [9.17, 15) is 23.5 Å². The summed E-state index contributed by atoms with van der Waals surface area (Å²) in [6, 6.07) is 13.1. The molecule has 4 rings (SSSR count). The lowest BCUT2D eigenvalue weighted by Crippen LogP contribution is -2.30. The van der Waals surface area contributed by atoms with Gasteiger partial charge in [-0.1, -0.05) is 18.2 Å². The number of nitrogens with zero attached hydrogens (tertiary/aromatic N) is 2. The number of ether oxygens (including phenoxy) is 2. The Morgan fingerprint density at radius 2 is 1.74 bits per heavy atom. The number of rotatable bonds is 10. The molecule has 2 aromatic carbocycles. The molecule has 2 aromatic heterocycles. The van der Waals surface area contributed by atoms with E-state index in [1.807, 2.05) is 0 Å². The molecule has 11 nitrogen and oxygen atoms in total. The predicted molar refractivity (Wildman–Crippen MR) is 116 cm³/mol. The summed E-state index contributed by atoms with van der Waals surface area (Å²) >= 11 is 0. The van der Waals surface area contributed by atoms with E-state index in [4.69, 9.17) is 13.9 Å². The van der Waals surface area contributed by atoms with Gasteiger partial charge in [0.05, 0.1) is 23.3 Å². The van der Waals surface area contributed by atoms with Crippen molar-refractivity contribution in [3.05, 3.63) is 70.2 Å². The Kier molecular flexibility index (Phi) is 6.68. The van der Waals surface area contributed by atoms with Gasteiger partial charge in [-0.05, 0) is 48.4 Å². The van der Waals surface area contributed by atoms with E-state index < -0.39 is 26.4 Å². The van der Waals surface area contributed by atoms with Gasteiger partial charge in [0.2, 0.25) is 0 Å². The number of unbranched alkanes of at least 4 members (excludes halogenated alkanes) is 2. The largest absolute Gasteiger partial charge is 0.504 e. The minimum absolute atomic E-state index is 0.0752. The van der Waals surface area contributed by atoms with Crippen molar-refractivity contribution >= 4 is 20.8 Å². The van der Waals surface area contributed by atoms with E-state index in [1.165, 1.54) is 42.5 Å². The first-order valence-corrected chi connectivity index (χ1v) is 11.8. The normalized spacial score (nSPS) is 11.5. The van der Waals surface area contributed by atoms with E-state index >= 15 is 0 Å². The summed E-state index contributed by atoms with van der Waals surface area (Å²) < 4.78 is 45.9. The number of hydrogen-bond donors (Lipinski definition) is 1. The van der Waals surface area contributed by atoms with Gasteiger partial charge in [0.25, 0.3) is 9.84 Å². The summed E-state index contributed by atoms with van der Waals surface area (Å²) in [5.41, 5.74) is -0.198. The standard InChI is InChI=1S/C22H20N2O9S/c25-17-13-15-9-10-20(26)32-18(15)14-19(17)30-11-5-2-6-12-31-21-22(24(27)33-23-21)34(28,29)16-7-3-1-4-8-16/h1,3-4,7-10,13-14,25H,2,5-6,11-12H2. The van der Waals surface area contributed by atoms with Crippen LogP contribution >= 0.6 is 0 Å². The van der Waals surface area contributed by atoms with Gasteiger partial charge in [0.15, 0.2) is 11.5 Å². The zero-order valence-electron chi connectivity index (χ0n) is 17.7. The molecular weight excluding hydrogens is 468 g/mol. The molecule has 1 N–H and O–H groups in total. The maximum Gasteiger partial charge on any atom is 0.414 e. The molecule has 0 aliphatic rings. The third-order valence-corrected chi connectivity index (χ3v) is 6.57.